The van der Waals surface area contributed by atoms with E-state index in [1.54, 1.807) is 25.3 Å². The molecule has 0 radical (unpaired) electrons. The first-order valence-corrected chi connectivity index (χ1v) is 12.2. The molecule has 0 aliphatic rings. The van der Waals surface area contributed by atoms with E-state index in [9.17, 15) is 8.42 Å². The number of para-hydroxylation sites is 1. The topological polar surface area (TPSA) is 98.5 Å². The van der Waals surface area contributed by atoms with Crippen molar-refractivity contribution in [3.63, 3.8) is 0 Å². The summed E-state index contributed by atoms with van der Waals surface area (Å²) in [5.41, 5.74) is 4.47. The molecular weight excluding hydrogens is 450 g/mol. The second-order valence-corrected chi connectivity index (χ2v) is 10.1. The van der Waals surface area contributed by atoms with Crippen LogP contribution in [0.4, 0.5) is 11.5 Å². The van der Waals surface area contributed by atoms with Crippen molar-refractivity contribution in [2.75, 3.05) is 12.4 Å². The first kappa shape index (κ1) is 21.8. The van der Waals surface area contributed by atoms with E-state index in [4.69, 9.17) is 4.74 Å². The van der Waals surface area contributed by atoms with Gasteiger partial charge in [0.15, 0.2) is 5.65 Å². The van der Waals surface area contributed by atoms with Crippen LogP contribution in [0.25, 0.3) is 16.6 Å². The third-order valence-electron chi connectivity index (χ3n) is 5.87. The second-order valence-electron chi connectivity index (χ2n) is 8.19. The molecule has 5 aromatic rings. The second kappa shape index (κ2) is 8.11. The van der Waals surface area contributed by atoms with Crippen LogP contribution in [0.5, 0.6) is 5.75 Å². The zero-order valence-electron chi connectivity index (χ0n) is 19.2. The highest BCUT2D eigenvalue weighted by Crippen LogP contribution is 2.33. The number of benzene rings is 3. The molecule has 2 heterocycles. The van der Waals surface area contributed by atoms with Crippen molar-refractivity contribution in [1.82, 2.24) is 19.8 Å². The quantitative estimate of drug-likeness (QED) is 0.392. The first-order valence-electron chi connectivity index (χ1n) is 10.7. The van der Waals surface area contributed by atoms with Crippen LogP contribution in [0.1, 0.15) is 16.7 Å². The summed E-state index contributed by atoms with van der Waals surface area (Å²) in [6, 6.07) is 18.3. The largest absolute Gasteiger partial charge is 0.495 e. The summed E-state index contributed by atoms with van der Waals surface area (Å²) in [5, 5.41) is 12.1. The number of rotatable bonds is 5. The third-order valence-corrected chi connectivity index (χ3v) is 7.52. The molecule has 9 heteroatoms. The van der Waals surface area contributed by atoms with Gasteiger partial charge in [0.2, 0.25) is 14.9 Å². The van der Waals surface area contributed by atoms with Gasteiger partial charge in [-0.3, -0.25) is 0 Å². The molecule has 0 atom stereocenters. The number of aryl methyl sites for hydroxylation is 3. The van der Waals surface area contributed by atoms with Gasteiger partial charge in [-0.1, -0.05) is 29.5 Å². The van der Waals surface area contributed by atoms with Crippen molar-refractivity contribution in [1.29, 1.82) is 0 Å². The van der Waals surface area contributed by atoms with Crippen LogP contribution in [0.15, 0.2) is 70.6 Å². The van der Waals surface area contributed by atoms with Gasteiger partial charge in [0.1, 0.15) is 11.6 Å². The molecule has 2 aromatic heterocycles. The summed E-state index contributed by atoms with van der Waals surface area (Å²) < 4.78 is 34.0. The van der Waals surface area contributed by atoms with E-state index in [-0.39, 0.29) is 15.6 Å². The van der Waals surface area contributed by atoms with Gasteiger partial charge in [-0.05, 0) is 73.9 Å². The van der Waals surface area contributed by atoms with E-state index in [2.05, 4.69) is 20.6 Å². The number of ether oxygens (including phenoxy) is 1. The van der Waals surface area contributed by atoms with Crippen molar-refractivity contribution >= 4 is 37.9 Å². The smallest absolute Gasteiger partial charge is 0.229 e. The number of nitrogens with zero attached hydrogens (tertiary/aromatic N) is 4. The lowest BCUT2D eigenvalue weighted by Crippen LogP contribution is -2.06. The van der Waals surface area contributed by atoms with Gasteiger partial charge in [-0.2, -0.15) is 4.52 Å². The van der Waals surface area contributed by atoms with Crippen LogP contribution in [-0.2, 0) is 9.84 Å². The Morgan fingerprint density at radius 1 is 0.941 bits per heavy atom. The summed E-state index contributed by atoms with van der Waals surface area (Å²) in [6.45, 7) is 5.79. The van der Waals surface area contributed by atoms with Crippen molar-refractivity contribution in [2.24, 2.45) is 0 Å². The molecule has 0 unspecified atom stereocenters. The molecule has 3 aromatic carbocycles. The minimum Gasteiger partial charge on any atom is -0.495 e. The molecule has 0 spiro atoms. The van der Waals surface area contributed by atoms with Gasteiger partial charge in [0.25, 0.3) is 0 Å². The van der Waals surface area contributed by atoms with E-state index in [1.165, 1.54) is 4.52 Å². The summed E-state index contributed by atoms with van der Waals surface area (Å²) in [6.07, 6.45) is 0. The van der Waals surface area contributed by atoms with E-state index >= 15 is 0 Å². The minimum atomic E-state index is -3.95. The summed E-state index contributed by atoms with van der Waals surface area (Å²) in [7, 11) is -2.35. The summed E-state index contributed by atoms with van der Waals surface area (Å²) in [4.78, 5) is 4.84. The molecule has 1 N–H and O–H groups in total. The van der Waals surface area contributed by atoms with E-state index in [1.807, 2.05) is 63.2 Å². The minimum absolute atomic E-state index is 0.144. The Kier molecular flexibility index (Phi) is 5.21. The Balaban J connectivity index is 1.74. The molecule has 172 valence electrons. The predicted molar refractivity (Wildman–Crippen MR) is 131 cm³/mol. The van der Waals surface area contributed by atoms with Gasteiger partial charge in [0, 0.05) is 5.39 Å². The van der Waals surface area contributed by atoms with Gasteiger partial charge in [0.05, 0.1) is 23.2 Å². The van der Waals surface area contributed by atoms with Crippen LogP contribution < -0.4 is 10.1 Å². The van der Waals surface area contributed by atoms with Gasteiger partial charge < -0.3 is 10.1 Å². The van der Waals surface area contributed by atoms with Gasteiger partial charge in [-0.25, -0.2) is 13.4 Å². The average Bonchev–Trinajstić information content (AvgIpc) is 3.26. The highest BCUT2D eigenvalue weighted by atomic mass is 32.2. The SMILES string of the molecule is COc1ccc(C)cc1Nc1nc2c(S(=O)(=O)c3ccc(C)c(C)c3)nnn2c2ccccc12. The molecule has 0 amide bonds. The number of fused-ring (bicyclic) bond motifs is 3. The number of sulfone groups is 1. The van der Waals surface area contributed by atoms with Crippen molar-refractivity contribution in [3.8, 4) is 5.75 Å². The monoisotopic (exact) mass is 473 g/mol. The molecule has 0 aliphatic heterocycles. The Morgan fingerprint density at radius 2 is 1.74 bits per heavy atom. The lowest BCUT2D eigenvalue weighted by Gasteiger charge is -2.14. The molecule has 8 nitrogen and oxygen atoms in total. The molecule has 0 bridgehead atoms. The van der Waals surface area contributed by atoms with Crippen molar-refractivity contribution in [3.05, 3.63) is 77.4 Å². The lowest BCUT2D eigenvalue weighted by molar-refractivity contribution is 0.416. The van der Waals surface area contributed by atoms with E-state index < -0.39 is 9.84 Å². The molecular formula is C25H23N5O3S. The highest BCUT2D eigenvalue weighted by Gasteiger charge is 2.27. The van der Waals surface area contributed by atoms with Crippen molar-refractivity contribution < 1.29 is 13.2 Å². The maximum atomic E-state index is 13.5. The Morgan fingerprint density at radius 3 is 2.50 bits per heavy atom. The molecule has 34 heavy (non-hydrogen) atoms. The fourth-order valence-electron chi connectivity index (χ4n) is 3.85. The van der Waals surface area contributed by atoms with Crippen LogP contribution >= 0.6 is 0 Å². The highest BCUT2D eigenvalue weighted by molar-refractivity contribution is 7.91. The molecule has 5 rings (SSSR count). The summed E-state index contributed by atoms with van der Waals surface area (Å²) >= 11 is 0. The van der Waals surface area contributed by atoms with Gasteiger partial charge >= 0.3 is 0 Å². The van der Waals surface area contributed by atoms with Crippen LogP contribution in [0, 0.1) is 20.8 Å². The maximum Gasteiger partial charge on any atom is 0.229 e. The van der Waals surface area contributed by atoms with Crippen LogP contribution in [0.3, 0.4) is 0 Å². The molecule has 0 saturated carbocycles. The predicted octanol–water partition coefficient (Wildman–Crippen LogP) is 4.79. The fourth-order valence-corrected chi connectivity index (χ4v) is 5.17. The van der Waals surface area contributed by atoms with Gasteiger partial charge in [-0.15, -0.1) is 5.10 Å². The molecule has 0 fully saturated rings. The zero-order valence-corrected chi connectivity index (χ0v) is 20.0. The zero-order chi connectivity index (χ0) is 24.0. The Labute approximate surface area is 197 Å². The number of methoxy groups -OCH3 is 1. The number of hydrogen-bond donors (Lipinski definition) is 1. The molecule has 0 saturated heterocycles. The Hall–Kier alpha value is -3.98. The van der Waals surface area contributed by atoms with E-state index in [0.717, 1.165) is 27.8 Å². The Bertz CT molecular complexity index is 1680. The fraction of sp³-hybridized carbons (Fsp3) is 0.160. The van der Waals surface area contributed by atoms with Crippen LogP contribution in [0.2, 0.25) is 0 Å². The summed E-state index contributed by atoms with van der Waals surface area (Å²) in [5.74, 6) is 1.12. The average molecular weight is 474 g/mol. The van der Waals surface area contributed by atoms with Crippen molar-refractivity contribution in [2.45, 2.75) is 30.7 Å². The number of hydrogen-bond acceptors (Lipinski definition) is 7. The molecule has 0 aliphatic carbocycles. The lowest BCUT2D eigenvalue weighted by atomic mass is 10.1. The third kappa shape index (κ3) is 3.54. The maximum absolute atomic E-state index is 13.5. The normalized spacial score (nSPS) is 11.8. The van der Waals surface area contributed by atoms with E-state index in [0.29, 0.717) is 17.1 Å². The standard InChI is InChI=1S/C25H23N5O3S/c1-15-9-12-22(33-4)20(13-15)26-23-19-7-5-6-8-21(19)30-24(27-23)25(28-29-30)34(31,32)18-11-10-16(2)17(3)14-18/h5-14H,1-4H3,(H,26,27). The number of aromatic nitrogens is 4. The van der Waals surface area contributed by atoms with Crippen LogP contribution in [-0.4, -0.2) is 35.3 Å². The first-order chi connectivity index (χ1) is 16.3. The number of nitrogens with one attached hydrogen (secondary N) is 1. The number of anilines is 2.